The van der Waals surface area contributed by atoms with E-state index in [2.05, 4.69) is 34.3 Å². The Bertz CT molecular complexity index is 519. The van der Waals surface area contributed by atoms with Crippen LogP contribution in [-0.2, 0) is 18.3 Å². The standard InChI is InChI=1S/C18H33N5O/c1-5-11-24-18(9-7-6-8-10-18)15-20-17(19-2)22(3)13-16-12-21-23(4)14-16/h12,14H,5-11,13,15H2,1-4H3,(H,19,20). The molecule has 1 N–H and O–H groups in total. The minimum Gasteiger partial charge on any atom is -0.373 e. The van der Waals surface area contributed by atoms with Crippen LogP contribution < -0.4 is 5.32 Å². The molecule has 0 spiro atoms. The molecule has 1 heterocycles. The van der Waals surface area contributed by atoms with E-state index in [0.29, 0.717) is 0 Å². The number of guanidine groups is 1. The van der Waals surface area contributed by atoms with Crippen LogP contribution in [0.3, 0.4) is 0 Å². The molecule has 0 unspecified atom stereocenters. The second-order valence-corrected chi connectivity index (χ2v) is 6.87. The van der Waals surface area contributed by atoms with E-state index in [1.165, 1.54) is 24.8 Å². The minimum atomic E-state index is -0.0284. The second-order valence-electron chi connectivity index (χ2n) is 6.87. The molecule has 1 aromatic heterocycles. The molecule has 0 aromatic carbocycles. The summed E-state index contributed by atoms with van der Waals surface area (Å²) in [5.74, 6) is 0.906. The lowest BCUT2D eigenvalue weighted by atomic mass is 9.84. The molecule has 0 radical (unpaired) electrons. The van der Waals surface area contributed by atoms with Gasteiger partial charge in [-0.1, -0.05) is 26.2 Å². The predicted octanol–water partition coefficient (Wildman–Crippen LogP) is 2.56. The van der Waals surface area contributed by atoms with E-state index < -0.39 is 0 Å². The number of hydrogen-bond acceptors (Lipinski definition) is 3. The first-order valence-corrected chi connectivity index (χ1v) is 9.12. The van der Waals surface area contributed by atoms with Gasteiger partial charge in [-0.2, -0.15) is 5.10 Å². The van der Waals surface area contributed by atoms with Crippen molar-refractivity contribution in [3.8, 4) is 0 Å². The summed E-state index contributed by atoms with van der Waals surface area (Å²) >= 11 is 0. The third-order valence-electron chi connectivity index (χ3n) is 4.70. The van der Waals surface area contributed by atoms with Crippen LogP contribution in [0.2, 0.25) is 0 Å². The topological polar surface area (TPSA) is 54.7 Å². The van der Waals surface area contributed by atoms with Crippen LogP contribution in [0.4, 0.5) is 0 Å². The highest BCUT2D eigenvalue weighted by Crippen LogP contribution is 2.31. The van der Waals surface area contributed by atoms with Crippen LogP contribution in [0.5, 0.6) is 0 Å². The zero-order valence-electron chi connectivity index (χ0n) is 15.7. The number of ether oxygens (including phenoxy) is 1. The SMILES string of the molecule is CCCOC1(CNC(=NC)N(C)Cc2cnn(C)c2)CCCCC1. The van der Waals surface area contributed by atoms with Crippen molar-refractivity contribution in [1.29, 1.82) is 0 Å². The summed E-state index contributed by atoms with van der Waals surface area (Å²) in [7, 11) is 5.83. The molecule has 0 saturated heterocycles. The number of aryl methyl sites for hydroxylation is 1. The minimum absolute atomic E-state index is 0.0284. The van der Waals surface area contributed by atoms with E-state index in [9.17, 15) is 0 Å². The van der Waals surface area contributed by atoms with E-state index in [1.54, 1.807) is 0 Å². The lowest BCUT2D eigenvalue weighted by molar-refractivity contribution is -0.0659. The maximum absolute atomic E-state index is 6.27. The Labute approximate surface area is 146 Å². The summed E-state index contributed by atoms with van der Waals surface area (Å²) in [5.41, 5.74) is 1.15. The van der Waals surface area contributed by atoms with Crippen LogP contribution in [0.15, 0.2) is 17.4 Å². The van der Waals surface area contributed by atoms with Gasteiger partial charge in [0.2, 0.25) is 0 Å². The Hall–Kier alpha value is -1.56. The maximum Gasteiger partial charge on any atom is 0.193 e. The average Bonchev–Trinajstić information content (AvgIpc) is 2.99. The molecule has 1 aliphatic rings. The first kappa shape index (κ1) is 18.8. The summed E-state index contributed by atoms with van der Waals surface area (Å²) < 4.78 is 8.09. The number of rotatable bonds is 7. The number of nitrogens with one attached hydrogen (secondary N) is 1. The maximum atomic E-state index is 6.27. The molecular weight excluding hydrogens is 302 g/mol. The van der Waals surface area contributed by atoms with E-state index in [0.717, 1.165) is 44.9 Å². The number of aliphatic imine (C=N–C) groups is 1. The molecule has 6 heteroatoms. The van der Waals surface area contributed by atoms with Gasteiger partial charge in [-0.25, -0.2) is 0 Å². The average molecular weight is 335 g/mol. The Kier molecular flexibility index (Phi) is 7.09. The van der Waals surface area contributed by atoms with E-state index in [1.807, 2.05) is 31.2 Å². The van der Waals surface area contributed by atoms with Crippen molar-refractivity contribution in [3.05, 3.63) is 18.0 Å². The zero-order valence-corrected chi connectivity index (χ0v) is 15.7. The van der Waals surface area contributed by atoms with Crippen molar-refractivity contribution >= 4 is 5.96 Å². The van der Waals surface area contributed by atoms with Crippen molar-refractivity contribution in [2.75, 3.05) is 27.2 Å². The molecule has 1 fully saturated rings. The van der Waals surface area contributed by atoms with Crippen LogP contribution in [-0.4, -0.2) is 53.5 Å². The smallest absolute Gasteiger partial charge is 0.193 e. The van der Waals surface area contributed by atoms with Gasteiger partial charge in [-0.3, -0.25) is 9.67 Å². The zero-order chi connectivity index (χ0) is 17.4. The van der Waals surface area contributed by atoms with E-state index in [4.69, 9.17) is 4.74 Å². The van der Waals surface area contributed by atoms with Gasteiger partial charge >= 0.3 is 0 Å². The highest BCUT2D eigenvalue weighted by atomic mass is 16.5. The third-order valence-corrected chi connectivity index (χ3v) is 4.70. The Morgan fingerprint density at radius 3 is 2.75 bits per heavy atom. The van der Waals surface area contributed by atoms with Crippen molar-refractivity contribution in [1.82, 2.24) is 20.0 Å². The highest BCUT2D eigenvalue weighted by Gasteiger charge is 2.33. The molecule has 0 atom stereocenters. The molecule has 0 amide bonds. The fourth-order valence-corrected chi connectivity index (χ4v) is 3.41. The molecule has 6 nitrogen and oxygen atoms in total. The van der Waals surface area contributed by atoms with Crippen molar-refractivity contribution < 1.29 is 4.74 Å². The summed E-state index contributed by atoms with van der Waals surface area (Å²) in [4.78, 5) is 6.57. The molecule has 0 bridgehead atoms. The number of hydrogen-bond donors (Lipinski definition) is 1. The first-order valence-electron chi connectivity index (χ1n) is 9.12. The van der Waals surface area contributed by atoms with Gasteiger partial charge in [-0.15, -0.1) is 0 Å². The summed E-state index contributed by atoms with van der Waals surface area (Å²) in [6.07, 6.45) is 11.1. The van der Waals surface area contributed by atoms with Crippen molar-refractivity contribution in [2.24, 2.45) is 12.0 Å². The molecule has 136 valence electrons. The largest absolute Gasteiger partial charge is 0.373 e. The fraction of sp³-hybridized carbons (Fsp3) is 0.778. The molecule has 1 aromatic rings. The Morgan fingerprint density at radius 1 is 1.42 bits per heavy atom. The molecule has 1 aliphatic carbocycles. The van der Waals surface area contributed by atoms with Gasteiger partial charge in [0.1, 0.15) is 0 Å². The normalized spacial score (nSPS) is 17.8. The number of aromatic nitrogens is 2. The van der Waals surface area contributed by atoms with Crippen LogP contribution in [0, 0.1) is 0 Å². The quantitative estimate of drug-likeness (QED) is 0.615. The van der Waals surface area contributed by atoms with Crippen LogP contribution >= 0.6 is 0 Å². The van der Waals surface area contributed by atoms with Crippen LogP contribution in [0.25, 0.3) is 0 Å². The Morgan fingerprint density at radius 2 is 2.17 bits per heavy atom. The predicted molar refractivity (Wildman–Crippen MR) is 98.1 cm³/mol. The van der Waals surface area contributed by atoms with Crippen molar-refractivity contribution in [2.45, 2.75) is 57.6 Å². The van der Waals surface area contributed by atoms with Gasteiger partial charge in [-0.05, 0) is 19.3 Å². The fourth-order valence-electron chi connectivity index (χ4n) is 3.41. The molecular formula is C18H33N5O. The van der Waals surface area contributed by atoms with Crippen molar-refractivity contribution in [3.63, 3.8) is 0 Å². The van der Waals surface area contributed by atoms with Gasteiger partial charge < -0.3 is 15.0 Å². The Balaban J connectivity index is 1.92. The van der Waals surface area contributed by atoms with Gasteiger partial charge in [0.15, 0.2) is 5.96 Å². The molecule has 2 rings (SSSR count). The lowest BCUT2D eigenvalue weighted by Gasteiger charge is -2.38. The van der Waals surface area contributed by atoms with Gasteiger partial charge in [0.25, 0.3) is 0 Å². The second kappa shape index (κ2) is 9.06. The van der Waals surface area contributed by atoms with Gasteiger partial charge in [0, 0.05) is 52.6 Å². The third kappa shape index (κ3) is 5.23. The first-order chi connectivity index (χ1) is 11.6. The summed E-state index contributed by atoms with van der Waals surface area (Å²) in [6, 6.07) is 0. The van der Waals surface area contributed by atoms with E-state index in [-0.39, 0.29) is 5.60 Å². The monoisotopic (exact) mass is 335 g/mol. The van der Waals surface area contributed by atoms with E-state index >= 15 is 0 Å². The molecule has 1 saturated carbocycles. The summed E-state index contributed by atoms with van der Waals surface area (Å²) in [5, 5.41) is 7.77. The highest BCUT2D eigenvalue weighted by molar-refractivity contribution is 5.79. The van der Waals surface area contributed by atoms with Crippen LogP contribution in [0.1, 0.15) is 51.0 Å². The lowest BCUT2D eigenvalue weighted by Crippen LogP contribution is -2.49. The molecule has 0 aliphatic heterocycles. The molecule has 24 heavy (non-hydrogen) atoms. The number of nitrogens with zero attached hydrogens (tertiary/aromatic N) is 4. The summed E-state index contributed by atoms with van der Waals surface area (Å²) in [6.45, 7) is 4.63. The van der Waals surface area contributed by atoms with Gasteiger partial charge in [0.05, 0.1) is 11.8 Å².